The number of hydrogen-bond donors (Lipinski definition) is 1. The number of amides is 1. The van der Waals surface area contributed by atoms with Crippen molar-refractivity contribution in [2.24, 2.45) is 13.0 Å². The van der Waals surface area contributed by atoms with Crippen molar-refractivity contribution < 1.29 is 13.2 Å². The van der Waals surface area contributed by atoms with E-state index in [1.165, 1.54) is 27.4 Å². The Hall–Kier alpha value is -2.33. The molecular formula is C15H20N6O3S. The van der Waals surface area contributed by atoms with Crippen LogP contribution < -0.4 is 5.32 Å². The third-order valence-corrected chi connectivity index (χ3v) is 6.08. The van der Waals surface area contributed by atoms with Gasteiger partial charge >= 0.3 is 0 Å². The van der Waals surface area contributed by atoms with Gasteiger partial charge in [0.25, 0.3) is 0 Å². The Labute approximate surface area is 146 Å². The summed E-state index contributed by atoms with van der Waals surface area (Å²) in [6.45, 7) is 2.34. The topological polar surface area (TPSA) is 110 Å². The number of hydrogen-bond acceptors (Lipinski definition) is 6. The van der Waals surface area contributed by atoms with Gasteiger partial charge in [-0.25, -0.2) is 13.1 Å². The lowest BCUT2D eigenvalue weighted by atomic mass is 9.97. The normalized spacial score (nSPS) is 16.7. The minimum atomic E-state index is -3.56. The average Bonchev–Trinajstić information content (AvgIpc) is 2.93. The predicted octanol–water partition coefficient (Wildman–Crippen LogP) is 0.558. The fourth-order valence-corrected chi connectivity index (χ4v) is 4.27. The van der Waals surface area contributed by atoms with Gasteiger partial charge in [0.15, 0.2) is 0 Å². The van der Waals surface area contributed by atoms with E-state index < -0.39 is 10.0 Å². The maximum Gasteiger partial charge on any atom is 0.244 e. The first kappa shape index (κ1) is 17.5. The Kier molecular flexibility index (Phi) is 4.82. The molecular weight excluding hydrogens is 344 g/mol. The fraction of sp³-hybridized carbons (Fsp3) is 0.467. The molecule has 0 radical (unpaired) electrons. The Morgan fingerprint density at radius 1 is 1.32 bits per heavy atom. The van der Waals surface area contributed by atoms with Crippen molar-refractivity contribution in [2.45, 2.75) is 24.7 Å². The quantitative estimate of drug-likeness (QED) is 0.849. The van der Waals surface area contributed by atoms with E-state index in [0.29, 0.717) is 37.7 Å². The van der Waals surface area contributed by atoms with Gasteiger partial charge in [0.2, 0.25) is 21.9 Å². The summed E-state index contributed by atoms with van der Waals surface area (Å²) in [4.78, 5) is 20.6. The summed E-state index contributed by atoms with van der Waals surface area (Å²) in [5, 5.41) is 6.84. The average molecular weight is 364 g/mol. The number of rotatable bonds is 4. The maximum absolute atomic E-state index is 12.6. The van der Waals surface area contributed by atoms with E-state index in [2.05, 4.69) is 20.4 Å². The molecule has 1 N–H and O–H groups in total. The molecule has 2 aromatic rings. The van der Waals surface area contributed by atoms with E-state index in [1.54, 1.807) is 20.0 Å². The number of carbonyl (C=O) groups is 1. The van der Waals surface area contributed by atoms with Crippen LogP contribution in [-0.2, 0) is 21.9 Å². The van der Waals surface area contributed by atoms with Crippen LogP contribution in [0.5, 0.6) is 0 Å². The summed E-state index contributed by atoms with van der Waals surface area (Å²) in [5.41, 5.74) is 0. The molecule has 1 fully saturated rings. The number of nitrogens with one attached hydrogen (secondary N) is 1. The molecule has 0 atom stereocenters. The molecule has 10 heteroatoms. The molecule has 3 heterocycles. The van der Waals surface area contributed by atoms with Gasteiger partial charge in [-0.1, -0.05) is 0 Å². The Bertz CT molecular complexity index is 857. The van der Waals surface area contributed by atoms with E-state index in [1.807, 2.05) is 0 Å². The van der Waals surface area contributed by atoms with Crippen LogP contribution in [0.25, 0.3) is 0 Å². The van der Waals surface area contributed by atoms with Crippen molar-refractivity contribution in [1.29, 1.82) is 0 Å². The van der Waals surface area contributed by atoms with Gasteiger partial charge in [-0.05, 0) is 31.9 Å². The molecule has 9 nitrogen and oxygen atoms in total. The van der Waals surface area contributed by atoms with Gasteiger partial charge in [0.05, 0.1) is 0 Å². The molecule has 1 aliphatic heterocycles. The lowest BCUT2D eigenvalue weighted by molar-refractivity contribution is -0.121. The largest absolute Gasteiger partial charge is 0.294 e. The van der Waals surface area contributed by atoms with Crippen LogP contribution in [-0.4, -0.2) is 51.5 Å². The molecule has 1 saturated heterocycles. The van der Waals surface area contributed by atoms with E-state index >= 15 is 0 Å². The number of nitrogens with zero attached hydrogens (tertiary/aromatic N) is 5. The van der Waals surface area contributed by atoms with Crippen molar-refractivity contribution in [3.8, 4) is 0 Å². The van der Waals surface area contributed by atoms with E-state index in [0.717, 1.165) is 0 Å². The molecule has 1 aliphatic rings. The molecule has 0 spiro atoms. The van der Waals surface area contributed by atoms with Gasteiger partial charge in [-0.2, -0.15) is 14.4 Å². The minimum Gasteiger partial charge on any atom is -0.294 e. The van der Waals surface area contributed by atoms with Gasteiger partial charge < -0.3 is 0 Å². The first-order valence-corrected chi connectivity index (χ1v) is 9.40. The number of anilines is 1. The number of aryl methyl sites for hydroxylation is 2. The lowest BCUT2D eigenvalue weighted by Gasteiger charge is -2.30. The zero-order chi connectivity index (χ0) is 18.0. The smallest absolute Gasteiger partial charge is 0.244 e. The van der Waals surface area contributed by atoms with Crippen LogP contribution in [0.15, 0.2) is 29.4 Å². The van der Waals surface area contributed by atoms with Crippen LogP contribution in [0.1, 0.15) is 18.7 Å². The van der Waals surface area contributed by atoms with Gasteiger partial charge in [0, 0.05) is 38.4 Å². The highest BCUT2D eigenvalue weighted by Gasteiger charge is 2.32. The first-order valence-electron chi connectivity index (χ1n) is 7.96. The van der Waals surface area contributed by atoms with Crippen molar-refractivity contribution in [1.82, 2.24) is 24.1 Å². The molecule has 1 amide bonds. The zero-order valence-corrected chi connectivity index (χ0v) is 14.9. The molecule has 0 saturated carbocycles. The van der Waals surface area contributed by atoms with Crippen LogP contribution in [0.2, 0.25) is 0 Å². The predicted molar refractivity (Wildman–Crippen MR) is 90.1 cm³/mol. The summed E-state index contributed by atoms with van der Waals surface area (Å²) in [6, 6.07) is 3.12. The number of sulfonamides is 1. The van der Waals surface area contributed by atoms with Crippen LogP contribution in [0.4, 0.5) is 5.95 Å². The minimum absolute atomic E-state index is 0.158. The summed E-state index contributed by atoms with van der Waals surface area (Å²) >= 11 is 0. The second-order valence-electron chi connectivity index (χ2n) is 5.96. The second kappa shape index (κ2) is 6.89. The monoisotopic (exact) mass is 364 g/mol. The number of pyridine rings is 1. The molecule has 0 bridgehead atoms. The number of piperidine rings is 1. The Morgan fingerprint density at radius 2 is 2.04 bits per heavy atom. The molecule has 0 aromatic carbocycles. The van der Waals surface area contributed by atoms with E-state index in [-0.39, 0.29) is 16.7 Å². The highest BCUT2D eigenvalue weighted by molar-refractivity contribution is 7.89. The lowest BCUT2D eigenvalue weighted by Crippen LogP contribution is -2.41. The Morgan fingerprint density at radius 3 is 2.60 bits per heavy atom. The summed E-state index contributed by atoms with van der Waals surface area (Å²) in [5.74, 6) is 0.564. The van der Waals surface area contributed by atoms with E-state index in [4.69, 9.17) is 0 Å². The highest BCUT2D eigenvalue weighted by Crippen LogP contribution is 2.24. The first-order chi connectivity index (χ1) is 11.9. The highest BCUT2D eigenvalue weighted by atomic mass is 32.2. The molecule has 2 aromatic heterocycles. The molecule has 3 rings (SSSR count). The third kappa shape index (κ3) is 3.69. The summed E-state index contributed by atoms with van der Waals surface area (Å²) < 4.78 is 28.0. The third-order valence-electron chi connectivity index (χ3n) is 4.20. The van der Waals surface area contributed by atoms with Crippen LogP contribution in [0.3, 0.4) is 0 Å². The Balaban J connectivity index is 1.62. The van der Waals surface area contributed by atoms with Crippen molar-refractivity contribution in [2.75, 3.05) is 18.4 Å². The number of carbonyl (C=O) groups excluding carboxylic acids is 1. The zero-order valence-electron chi connectivity index (χ0n) is 14.1. The number of aromatic nitrogens is 4. The van der Waals surface area contributed by atoms with Crippen molar-refractivity contribution in [3.05, 3.63) is 30.4 Å². The van der Waals surface area contributed by atoms with Gasteiger partial charge in [-0.3, -0.25) is 15.1 Å². The van der Waals surface area contributed by atoms with Crippen molar-refractivity contribution in [3.63, 3.8) is 0 Å². The van der Waals surface area contributed by atoms with E-state index in [9.17, 15) is 13.2 Å². The van der Waals surface area contributed by atoms with Crippen LogP contribution >= 0.6 is 0 Å². The summed E-state index contributed by atoms with van der Waals surface area (Å²) in [7, 11) is -1.85. The summed E-state index contributed by atoms with van der Waals surface area (Å²) in [6.07, 6.45) is 3.79. The second-order valence-corrected chi connectivity index (χ2v) is 7.90. The molecule has 25 heavy (non-hydrogen) atoms. The molecule has 0 unspecified atom stereocenters. The SMILES string of the molecule is Cc1nc(NC(=O)C2CCN(S(=O)(=O)c3cccnc3)CC2)n(C)n1. The van der Waals surface area contributed by atoms with Crippen LogP contribution in [0, 0.1) is 12.8 Å². The molecule has 0 aliphatic carbocycles. The maximum atomic E-state index is 12.6. The standard InChI is InChI=1S/C15H20N6O3S/c1-11-17-15(20(2)19-11)18-14(22)12-5-8-21(9-6-12)25(23,24)13-4-3-7-16-10-13/h3-4,7,10,12H,5-6,8-9H2,1-2H3,(H,17,18,19,22). The van der Waals surface area contributed by atoms with Gasteiger partial charge in [0.1, 0.15) is 10.7 Å². The molecule has 134 valence electrons. The van der Waals surface area contributed by atoms with Gasteiger partial charge in [-0.15, -0.1) is 0 Å². The van der Waals surface area contributed by atoms with Crippen molar-refractivity contribution >= 4 is 21.9 Å². The fourth-order valence-electron chi connectivity index (χ4n) is 2.84.